The maximum atomic E-state index is 9.26. The molecule has 0 radical (unpaired) electrons. The average Bonchev–Trinajstić information content (AvgIpc) is 2.85. The van der Waals surface area contributed by atoms with Crippen LogP contribution in [0.25, 0.3) is 0 Å². The van der Waals surface area contributed by atoms with Crippen molar-refractivity contribution in [2.75, 3.05) is 6.61 Å². The summed E-state index contributed by atoms with van der Waals surface area (Å²) in [7, 11) is 0. The van der Waals surface area contributed by atoms with E-state index in [4.69, 9.17) is 0 Å². The van der Waals surface area contributed by atoms with Gasteiger partial charge in [-0.15, -0.1) is 0 Å². The molecule has 0 amide bonds. The van der Waals surface area contributed by atoms with E-state index in [2.05, 4.69) is 33.0 Å². The number of hydrogen-bond acceptors (Lipinski definition) is 2. The molecule has 1 aliphatic rings. The molecule has 2 heteroatoms. The Balaban J connectivity index is 2.46. The molecular weight excluding hydrogens is 162 g/mol. The molecule has 2 atom stereocenters. The lowest BCUT2D eigenvalue weighted by Gasteiger charge is -2.34. The van der Waals surface area contributed by atoms with Gasteiger partial charge >= 0.3 is 0 Å². The summed E-state index contributed by atoms with van der Waals surface area (Å²) in [5.41, 5.74) is 0.399. The fourth-order valence-corrected chi connectivity index (χ4v) is 1.59. The molecule has 13 heavy (non-hydrogen) atoms. The van der Waals surface area contributed by atoms with Crippen LogP contribution in [-0.2, 0) is 0 Å². The second-order valence-corrected chi connectivity index (χ2v) is 5.09. The fraction of sp³-hybridized carbons (Fsp3) is 1.00. The smallest absolute Gasteiger partial charge is 0.0610 e. The van der Waals surface area contributed by atoms with E-state index in [-0.39, 0.29) is 12.1 Å². The zero-order chi connectivity index (χ0) is 10.1. The minimum Gasteiger partial charge on any atom is -0.394 e. The summed E-state index contributed by atoms with van der Waals surface area (Å²) in [5, 5.41) is 12.8. The van der Waals surface area contributed by atoms with Gasteiger partial charge in [0.2, 0.25) is 0 Å². The lowest BCUT2D eigenvalue weighted by Crippen LogP contribution is -2.51. The predicted octanol–water partition coefficient (Wildman–Crippen LogP) is 1.93. The van der Waals surface area contributed by atoms with Gasteiger partial charge in [-0.25, -0.2) is 0 Å². The molecule has 2 N–H and O–H groups in total. The quantitative estimate of drug-likeness (QED) is 0.686. The van der Waals surface area contributed by atoms with Crippen molar-refractivity contribution in [3.63, 3.8) is 0 Å². The van der Waals surface area contributed by atoms with Gasteiger partial charge in [-0.3, -0.25) is 0 Å². The summed E-state index contributed by atoms with van der Waals surface area (Å²) in [6.45, 7) is 8.99. The van der Waals surface area contributed by atoms with E-state index >= 15 is 0 Å². The van der Waals surface area contributed by atoms with Crippen molar-refractivity contribution in [1.29, 1.82) is 0 Å². The van der Waals surface area contributed by atoms with Gasteiger partial charge in [-0.05, 0) is 38.5 Å². The third kappa shape index (κ3) is 2.44. The van der Waals surface area contributed by atoms with Crippen LogP contribution in [0, 0.1) is 5.41 Å². The summed E-state index contributed by atoms with van der Waals surface area (Å²) in [6.07, 6.45) is 3.63. The van der Waals surface area contributed by atoms with Crippen molar-refractivity contribution in [2.24, 2.45) is 5.41 Å². The zero-order valence-corrected chi connectivity index (χ0v) is 9.35. The van der Waals surface area contributed by atoms with Gasteiger partial charge in [0.1, 0.15) is 0 Å². The van der Waals surface area contributed by atoms with E-state index in [1.54, 1.807) is 0 Å². The van der Waals surface area contributed by atoms with Crippen LogP contribution in [0.4, 0.5) is 0 Å². The van der Waals surface area contributed by atoms with Crippen LogP contribution < -0.4 is 5.32 Å². The van der Waals surface area contributed by atoms with Gasteiger partial charge in [0.05, 0.1) is 6.61 Å². The minimum atomic E-state index is -0.0922. The van der Waals surface area contributed by atoms with Crippen molar-refractivity contribution in [2.45, 2.75) is 58.5 Å². The van der Waals surface area contributed by atoms with Crippen molar-refractivity contribution in [3.05, 3.63) is 0 Å². The Morgan fingerprint density at radius 1 is 1.54 bits per heavy atom. The molecule has 78 valence electrons. The molecule has 0 spiro atoms. The molecule has 0 saturated heterocycles. The number of aliphatic hydroxyl groups is 1. The number of aliphatic hydroxyl groups excluding tert-OH is 1. The average molecular weight is 185 g/mol. The first-order valence-corrected chi connectivity index (χ1v) is 5.34. The number of rotatable bonds is 5. The molecule has 1 saturated carbocycles. The first-order chi connectivity index (χ1) is 5.96. The first-order valence-electron chi connectivity index (χ1n) is 5.34. The molecule has 0 aromatic rings. The van der Waals surface area contributed by atoms with Crippen LogP contribution in [0.5, 0.6) is 0 Å². The van der Waals surface area contributed by atoms with E-state index in [1.165, 1.54) is 12.8 Å². The van der Waals surface area contributed by atoms with Gasteiger partial charge < -0.3 is 10.4 Å². The summed E-state index contributed by atoms with van der Waals surface area (Å²) >= 11 is 0. The molecule has 0 aromatic carbocycles. The van der Waals surface area contributed by atoms with Gasteiger partial charge in [-0.1, -0.05) is 13.8 Å². The molecule has 2 nitrogen and oxygen atoms in total. The maximum Gasteiger partial charge on any atom is 0.0610 e. The summed E-state index contributed by atoms with van der Waals surface area (Å²) in [5.74, 6) is 0. The Morgan fingerprint density at radius 2 is 2.08 bits per heavy atom. The molecule has 0 aromatic heterocycles. The van der Waals surface area contributed by atoms with Gasteiger partial charge in [0.25, 0.3) is 0 Å². The molecule has 0 bridgehead atoms. The monoisotopic (exact) mass is 185 g/mol. The molecule has 1 aliphatic carbocycles. The molecule has 1 fully saturated rings. The minimum absolute atomic E-state index is 0.0922. The number of nitrogens with one attached hydrogen (secondary N) is 1. The second-order valence-electron chi connectivity index (χ2n) is 5.09. The van der Waals surface area contributed by atoms with Gasteiger partial charge in [0, 0.05) is 11.6 Å². The summed E-state index contributed by atoms with van der Waals surface area (Å²) < 4.78 is 0. The topological polar surface area (TPSA) is 32.3 Å². The second kappa shape index (κ2) is 3.58. The van der Waals surface area contributed by atoms with E-state index < -0.39 is 0 Å². The fourth-order valence-electron chi connectivity index (χ4n) is 1.59. The largest absolute Gasteiger partial charge is 0.394 e. The normalized spacial score (nSPS) is 26.5. The Bertz CT molecular complexity index is 171. The van der Waals surface area contributed by atoms with Gasteiger partial charge in [-0.2, -0.15) is 0 Å². The summed E-state index contributed by atoms with van der Waals surface area (Å²) in [6, 6.07) is 0.518. The first kappa shape index (κ1) is 11.0. The van der Waals surface area contributed by atoms with Crippen LogP contribution in [0.15, 0.2) is 0 Å². The molecule has 0 aliphatic heterocycles. The Hall–Kier alpha value is -0.0800. The van der Waals surface area contributed by atoms with Crippen molar-refractivity contribution < 1.29 is 5.11 Å². The van der Waals surface area contributed by atoms with Crippen LogP contribution in [0.1, 0.15) is 47.0 Å². The van der Waals surface area contributed by atoms with E-state index in [0.29, 0.717) is 11.5 Å². The van der Waals surface area contributed by atoms with E-state index in [0.717, 1.165) is 6.42 Å². The molecule has 1 rings (SSSR count). The van der Waals surface area contributed by atoms with Crippen molar-refractivity contribution in [3.8, 4) is 0 Å². The Labute approximate surface area is 81.7 Å². The van der Waals surface area contributed by atoms with Crippen LogP contribution in [0.3, 0.4) is 0 Å². The highest BCUT2D eigenvalue weighted by atomic mass is 16.3. The molecule has 0 heterocycles. The molecule has 2 unspecified atom stereocenters. The van der Waals surface area contributed by atoms with E-state index in [9.17, 15) is 5.11 Å². The molecular formula is C11H23NO. The zero-order valence-electron chi connectivity index (χ0n) is 9.35. The third-order valence-electron chi connectivity index (χ3n) is 3.78. The van der Waals surface area contributed by atoms with Crippen LogP contribution >= 0.6 is 0 Å². The van der Waals surface area contributed by atoms with Gasteiger partial charge in [0.15, 0.2) is 0 Å². The SMILES string of the molecule is CCC(C)(CO)NC(C)C1(C)CC1. The van der Waals surface area contributed by atoms with Crippen LogP contribution in [0.2, 0.25) is 0 Å². The highest BCUT2D eigenvalue weighted by molar-refractivity contribution is 4.99. The highest BCUT2D eigenvalue weighted by Crippen LogP contribution is 2.48. The van der Waals surface area contributed by atoms with E-state index in [1.807, 2.05) is 0 Å². The van der Waals surface area contributed by atoms with Crippen molar-refractivity contribution in [1.82, 2.24) is 5.32 Å². The predicted molar refractivity (Wildman–Crippen MR) is 55.7 cm³/mol. The van der Waals surface area contributed by atoms with Crippen LogP contribution in [-0.4, -0.2) is 23.3 Å². The Morgan fingerprint density at radius 3 is 2.38 bits per heavy atom. The van der Waals surface area contributed by atoms with Crippen molar-refractivity contribution >= 4 is 0 Å². The maximum absolute atomic E-state index is 9.26. The number of hydrogen-bond donors (Lipinski definition) is 2. The summed E-state index contributed by atoms with van der Waals surface area (Å²) in [4.78, 5) is 0. The highest BCUT2D eigenvalue weighted by Gasteiger charge is 2.44. The third-order valence-corrected chi connectivity index (χ3v) is 3.78. The standard InChI is InChI=1S/C11H23NO/c1-5-11(4,8-13)12-9(2)10(3)6-7-10/h9,12-13H,5-8H2,1-4H3. The lowest BCUT2D eigenvalue weighted by molar-refractivity contribution is 0.145. The Kier molecular flexibility index (Phi) is 3.03. The lowest BCUT2D eigenvalue weighted by atomic mass is 9.93.